The lowest BCUT2D eigenvalue weighted by atomic mass is 9.88. The number of aliphatic carboxylic acids is 2. The zero-order valence-corrected chi connectivity index (χ0v) is 29.5. The van der Waals surface area contributed by atoms with Gasteiger partial charge in [-0.1, -0.05) is 89.2 Å². The van der Waals surface area contributed by atoms with Crippen molar-refractivity contribution in [3.63, 3.8) is 0 Å². The molecule has 13 nitrogen and oxygen atoms in total. The van der Waals surface area contributed by atoms with E-state index in [1.54, 1.807) is 72.8 Å². The molecular formula is C38H47N5O8. The Morgan fingerprint density at radius 3 is 1.73 bits per heavy atom. The molecule has 0 aliphatic heterocycles. The molecule has 6 N–H and O–H groups in total. The molecule has 0 aliphatic carbocycles. The SMILES string of the molecule is CC(C)CC(C(=O)NC(Cc1ccccc1CC(NC(=O)CC(C)(C)C)C(=O)O)C(=O)O)c1ccc(NC(=C[N+](=O)[O-])Nc2ccccc2)cc1. The first-order chi connectivity index (χ1) is 24.0. The molecule has 0 fully saturated rings. The number of hydrogen-bond donors (Lipinski definition) is 6. The Balaban J connectivity index is 1.79. The van der Waals surface area contributed by atoms with Crippen molar-refractivity contribution in [2.24, 2.45) is 11.3 Å². The number of amides is 2. The van der Waals surface area contributed by atoms with Crippen LogP contribution >= 0.6 is 0 Å². The predicted molar refractivity (Wildman–Crippen MR) is 194 cm³/mol. The Bertz CT molecular complexity index is 1700. The third-order valence-corrected chi connectivity index (χ3v) is 7.81. The average molecular weight is 702 g/mol. The molecule has 0 aromatic heterocycles. The topological polar surface area (TPSA) is 200 Å². The Kier molecular flexibility index (Phi) is 14.3. The molecule has 0 aliphatic rings. The van der Waals surface area contributed by atoms with Crippen LogP contribution in [0.3, 0.4) is 0 Å². The molecule has 51 heavy (non-hydrogen) atoms. The summed E-state index contributed by atoms with van der Waals surface area (Å²) in [6.07, 6.45) is 1.17. The van der Waals surface area contributed by atoms with Crippen LogP contribution in [0.5, 0.6) is 0 Å². The summed E-state index contributed by atoms with van der Waals surface area (Å²) in [6, 6.07) is 19.9. The van der Waals surface area contributed by atoms with Crippen molar-refractivity contribution >= 4 is 35.1 Å². The van der Waals surface area contributed by atoms with Crippen LogP contribution in [0.15, 0.2) is 90.9 Å². The second kappa shape index (κ2) is 18.3. The van der Waals surface area contributed by atoms with Gasteiger partial charge in [0.05, 0.1) is 10.8 Å². The van der Waals surface area contributed by atoms with Gasteiger partial charge in [0.2, 0.25) is 11.8 Å². The second-order valence-corrected chi connectivity index (χ2v) is 14.0. The third kappa shape index (κ3) is 13.6. The summed E-state index contributed by atoms with van der Waals surface area (Å²) < 4.78 is 0. The maximum atomic E-state index is 13.7. The largest absolute Gasteiger partial charge is 0.480 e. The summed E-state index contributed by atoms with van der Waals surface area (Å²) in [6.45, 7) is 9.51. The maximum absolute atomic E-state index is 13.7. The van der Waals surface area contributed by atoms with E-state index in [0.717, 1.165) is 6.20 Å². The van der Waals surface area contributed by atoms with Gasteiger partial charge in [0.1, 0.15) is 12.1 Å². The van der Waals surface area contributed by atoms with E-state index in [2.05, 4.69) is 21.3 Å². The van der Waals surface area contributed by atoms with E-state index in [-0.39, 0.29) is 36.4 Å². The molecule has 0 radical (unpaired) electrons. The van der Waals surface area contributed by atoms with Crippen molar-refractivity contribution in [2.45, 2.75) is 78.3 Å². The number of carboxylic acid groups (broad SMARTS) is 2. The van der Waals surface area contributed by atoms with Gasteiger partial charge in [0.15, 0.2) is 5.82 Å². The Morgan fingerprint density at radius 1 is 0.765 bits per heavy atom. The fourth-order valence-electron chi connectivity index (χ4n) is 5.49. The predicted octanol–water partition coefficient (Wildman–Crippen LogP) is 5.78. The number of anilines is 2. The number of benzene rings is 3. The highest BCUT2D eigenvalue weighted by Crippen LogP contribution is 2.27. The van der Waals surface area contributed by atoms with Gasteiger partial charge in [0.25, 0.3) is 6.20 Å². The van der Waals surface area contributed by atoms with Gasteiger partial charge < -0.3 is 31.5 Å². The molecule has 3 rings (SSSR count). The fraction of sp³-hybridized carbons (Fsp3) is 0.368. The molecule has 3 atom stereocenters. The van der Waals surface area contributed by atoms with Crippen LogP contribution in [0.25, 0.3) is 0 Å². The summed E-state index contributed by atoms with van der Waals surface area (Å²) in [5.74, 6) is -3.87. The molecule has 0 spiro atoms. The zero-order valence-electron chi connectivity index (χ0n) is 29.5. The highest BCUT2D eigenvalue weighted by Gasteiger charge is 2.29. The van der Waals surface area contributed by atoms with E-state index < -0.39 is 46.7 Å². The standard InChI is InChI=1S/C38H47N5O8/c1-24(2)19-30(25-15-17-29(18-16-25)40-33(23-43(50)51)39-28-13-7-6-8-14-28)35(45)42-32(37(48)49)21-27-12-10-9-11-26(27)20-31(36(46)47)41-34(44)22-38(3,4)5/h6-18,23-24,30-32,39-40H,19-22H2,1-5H3,(H,41,44)(H,42,45)(H,46,47)(H,48,49). The van der Waals surface area contributed by atoms with Gasteiger partial charge >= 0.3 is 11.9 Å². The number of nitrogens with one attached hydrogen (secondary N) is 4. The van der Waals surface area contributed by atoms with E-state index in [1.165, 1.54) is 0 Å². The van der Waals surface area contributed by atoms with E-state index in [4.69, 9.17) is 0 Å². The van der Waals surface area contributed by atoms with Gasteiger partial charge in [-0.25, -0.2) is 9.59 Å². The number of carboxylic acids is 2. The molecule has 0 heterocycles. The minimum atomic E-state index is -1.33. The van der Waals surface area contributed by atoms with Gasteiger partial charge in [-0.15, -0.1) is 0 Å². The fourth-order valence-corrected chi connectivity index (χ4v) is 5.49. The number of para-hydroxylation sites is 1. The third-order valence-electron chi connectivity index (χ3n) is 7.81. The van der Waals surface area contributed by atoms with Crippen molar-refractivity contribution in [3.05, 3.63) is 118 Å². The van der Waals surface area contributed by atoms with Crippen molar-refractivity contribution < 1.29 is 34.3 Å². The van der Waals surface area contributed by atoms with Crippen LogP contribution in [0.2, 0.25) is 0 Å². The van der Waals surface area contributed by atoms with Crippen molar-refractivity contribution in [3.8, 4) is 0 Å². The normalized spacial score (nSPS) is 13.4. The van der Waals surface area contributed by atoms with Gasteiger partial charge in [-0.2, -0.15) is 0 Å². The zero-order chi connectivity index (χ0) is 37.7. The van der Waals surface area contributed by atoms with Gasteiger partial charge in [-0.3, -0.25) is 19.7 Å². The first kappa shape index (κ1) is 39.7. The van der Waals surface area contributed by atoms with E-state index in [9.17, 15) is 39.5 Å². The highest BCUT2D eigenvalue weighted by molar-refractivity contribution is 5.88. The summed E-state index contributed by atoms with van der Waals surface area (Å²) in [7, 11) is 0. The van der Waals surface area contributed by atoms with Gasteiger partial charge in [0, 0.05) is 30.6 Å². The van der Waals surface area contributed by atoms with Crippen molar-refractivity contribution in [1.29, 1.82) is 0 Å². The van der Waals surface area contributed by atoms with Crippen LogP contribution < -0.4 is 21.3 Å². The summed E-state index contributed by atoms with van der Waals surface area (Å²) >= 11 is 0. The van der Waals surface area contributed by atoms with E-state index in [0.29, 0.717) is 34.5 Å². The molecule has 0 saturated heterocycles. The van der Waals surface area contributed by atoms with E-state index in [1.807, 2.05) is 40.7 Å². The molecular weight excluding hydrogens is 654 g/mol. The highest BCUT2D eigenvalue weighted by atomic mass is 16.6. The van der Waals surface area contributed by atoms with Crippen LogP contribution in [0, 0.1) is 21.4 Å². The molecule has 3 aromatic rings. The lowest BCUT2D eigenvalue weighted by Crippen LogP contribution is -2.45. The Hall–Kier alpha value is -5.72. The second-order valence-electron chi connectivity index (χ2n) is 14.0. The van der Waals surface area contributed by atoms with Crippen LogP contribution in [-0.4, -0.2) is 51.0 Å². The van der Waals surface area contributed by atoms with Crippen LogP contribution in [0.1, 0.15) is 70.1 Å². The number of carbonyl (C=O) groups excluding carboxylic acids is 2. The van der Waals surface area contributed by atoms with Crippen LogP contribution in [-0.2, 0) is 32.0 Å². The number of rotatable bonds is 18. The quantitative estimate of drug-likeness (QED) is 0.0698. The number of nitrogens with zero attached hydrogens (tertiary/aromatic N) is 1. The smallest absolute Gasteiger partial charge is 0.326 e. The van der Waals surface area contributed by atoms with Crippen LogP contribution in [0.4, 0.5) is 11.4 Å². The molecule has 3 aromatic carbocycles. The number of hydrogen-bond acceptors (Lipinski definition) is 8. The summed E-state index contributed by atoms with van der Waals surface area (Å²) in [5, 5.41) is 42.5. The first-order valence-corrected chi connectivity index (χ1v) is 16.7. The minimum Gasteiger partial charge on any atom is -0.480 e. The summed E-state index contributed by atoms with van der Waals surface area (Å²) in [5.41, 5.74) is 2.51. The molecule has 0 saturated carbocycles. The summed E-state index contributed by atoms with van der Waals surface area (Å²) in [4.78, 5) is 61.5. The Morgan fingerprint density at radius 2 is 1.25 bits per heavy atom. The maximum Gasteiger partial charge on any atom is 0.326 e. The minimum absolute atomic E-state index is 0.0720. The van der Waals surface area contributed by atoms with Crippen molar-refractivity contribution in [1.82, 2.24) is 10.6 Å². The molecule has 2 amide bonds. The first-order valence-electron chi connectivity index (χ1n) is 16.7. The molecule has 13 heteroatoms. The molecule has 3 unspecified atom stereocenters. The Labute approximate surface area is 297 Å². The average Bonchev–Trinajstić information content (AvgIpc) is 3.03. The molecule has 0 bridgehead atoms. The monoisotopic (exact) mass is 701 g/mol. The van der Waals surface area contributed by atoms with Crippen molar-refractivity contribution in [2.75, 3.05) is 10.6 Å². The lowest BCUT2D eigenvalue weighted by Gasteiger charge is -2.24. The number of nitro groups is 1. The lowest BCUT2D eigenvalue weighted by molar-refractivity contribution is -0.403. The molecule has 272 valence electrons. The van der Waals surface area contributed by atoms with E-state index >= 15 is 0 Å². The number of carbonyl (C=O) groups is 4. The van der Waals surface area contributed by atoms with Gasteiger partial charge in [-0.05, 0) is 58.7 Å².